The molecule has 198 valence electrons. The fourth-order valence-corrected chi connectivity index (χ4v) is 3.61. The molecule has 3 heterocycles. The molecular weight excluding hydrogens is 491 g/mol. The lowest BCUT2D eigenvalue weighted by molar-refractivity contribution is -0.130. The molecule has 4 aromatic rings. The van der Waals surface area contributed by atoms with Gasteiger partial charge in [0.05, 0.1) is 18.5 Å². The van der Waals surface area contributed by atoms with Crippen LogP contribution in [0.5, 0.6) is 5.75 Å². The number of carbonyl (C=O) groups excluding carboxylic acids is 1. The lowest BCUT2D eigenvalue weighted by atomic mass is 10.1. The van der Waals surface area contributed by atoms with E-state index in [1.54, 1.807) is 43.6 Å². The number of nitrogens with one attached hydrogen (secondary N) is 3. The van der Waals surface area contributed by atoms with Crippen LogP contribution < -0.4 is 21.1 Å². The topological polar surface area (TPSA) is 153 Å². The minimum atomic E-state index is -0.549. The number of aromatic nitrogens is 5. The van der Waals surface area contributed by atoms with Gasteiger partial charge >= 0.3 is 0 Å². The van der Waals surface area contributed by atoms with Crippen molar-refractivity contribution >= 4 is 17.7 Å². The van der Waals surface area contributed by atoms with Gasteiger partial charge in [-0.25, -0.2) is 24.3 Å². The Bertz CT molecular complexity index is 1410. The van der Waals surface area contributed by atoms with Crippen LogP contribution in [0.2, 0.25) is 0 Å². The Hall–Kier alpha value is -4.58. The summed E-state index contributed by atoms with van der Waals surface area (Å²) >= 11 is 0. The van der Waals surface area contributed by atoms with Crippen molar-refractivity contribution in [3.05, 3.63) is 54.6 Å². The average Bonchev–Trinajstić information content (AvgIpc) is 3.38. The van der Waals surface area contributed by atoms with Gasteiger partial charge < -0.3 is 30.8 Å². The van der Waals surface area contributed by atoms with E-state index < -0.39 is 6.10 Å². The summed E-state index contributed by atoms with van der Waals surface area (Å²) < 4.78 is 23.9. The number of anilines is 2. The summed E-state index contributed by atoms with van der Waals surface area (Å²) in [5.74, 6) is 0.981. The quantitative estimate of drug-likeness (QED) is 0.247. The molecule has 0 aliphatic rings. The first-order valence-corrected chi connectivity index (χ1v) is 11.8. The van der Waals surface area contributed by atoms with E-state index in [1.807, 2.05) is 6.92 Å². The number of hydrogen-bond donors (Lipinski definition) is 4. The molecule has 0 aliphatic carbocycles. The Kier molecular flexibility index (Phi) is 8.12. The number of benzene rings is 1. The van der Waals surface area contributed by atoms with Crippen LogP contribution in [0.15, 0.2) is 48.8 Å². The molecule has 11 nitrogen and oxygen atoms in total. The van der Waals surface area contributed by atoms with Crippen molar-refractivity contribution < 1.29 is 18.7 Å². The predicted octanol–water partition coefficient (Wildman–Crippen LogP) is 3.28. The lowest BCUT2D eigenvalue weighted by Crippen LogP contribution is -2.42. The second kappa shape index (κ2) is 11.6. The van der Waals surface area contributed by atoms with Gasteiger partial charge in [0.1, 0.15) is 23.4 Å². The number of nitrogen functional groups attached to an aromatic ring is 1. The van der Waals surface area contributed by atoms with Crippen molar-refractivity contribution in [2.24, 2.45) is 0 Å². The zero-order valence-electron chi connectivity index (χ0n) is 21.4. The minimum Gasteiger partial charge on any atom is -0.493 e. The Balaban J connectivity index is 1.66. The van der Waals surface area contributed by atoms with Crippen molar-refractivity contribution in [1.82, 2.24) is 30.2 Å². The third-order valence-electron chi connectivity index (χ3n) is 5.79. The molecule has 4 rings (SSSR count). The average molecular weight is 521 g/mol. The smallest absolute Gasteiger partial charge is 0.249 e. The van der Waals surface area contributed by atoms with Gasteiger partial charge in [-0.15, -0.1) is 0 Å². The number of halogens is 1. The van der Waals surface area contributed by atoms with Gasteiger partial charge in [-0.3, -0.25) is 4.79 Å². The van der Waals surface area contributed by atoms with Gasteiger partial charge in [0.2, 0.25) is 11.9 Å². The van der Waals surface area contributed by atoms with Crippen molar-refractivity contribution in [3.8, 4) is 39.8 Å². The molecule has 0 saturated heterocycles. The van der Waals surface area contributed by atoms with E-state index in [9.17, 15) is 9.18 Å². The predicted molar refractivity (Wildman–Crippen MR) is 142 cm³/mol. The summed E-state index contributed by atoms with van der Waals surface area (Å²) in [5, 5.41) is 6.01. The number of amides is 1. The second-order valence-corrected chi connectivity index (χ2v) is 8.56. The van der Waals surface area contributed by atoms with E-state index in [-0.39, 0.29) is 23.6 Å². The molecule has 38 heavy (non-hydrogen) atoms. The number of methoxy groups -OCH3 is 2. The van der Waals surface area contributed by atoms with Gasteiger partial charge in [0, 0.05) is 43.2 Å². The number of rotatable bonds is 10. The van der Waals surface area contributed by atoms with E-state index >= 15 is 0 Å². The number of aromatic amines is 1. The van der Waals surface area contributed by atoms with E-state index in [0.717, 1.165) is 0 Å². The molecule has 5 N–H and O–H groups in total. The summed E-state index contributed by atoms with van der Waals surface area (Å²) in [5.41, 5.74) is 8.95. The number of carbonyl (C=O) groups is 1. The Morgan fingerprint density at radius 2 is 1.87 bits per heavy atom. The number of nitrogens with zero attached hydrogens (tertiary/aromatic N) is 4. The fraction of sp³-hybridized carbons (Fsp3) is 0.269. The van der Waals surface area contributed by atoms with Crippen LogP contribution in [-0.4, -0.2) is 63.7 Å². The van der Waals surface area contributed by atoms with Crippen LogP contribution in [0.25, 0.3) is 34.0 Å². The first-order valence-electron chi connectivity index (χ1n) is 11.8. The number of imidazole rings is 1. The van der Waals surface area contributed by atoms with Crippen LogP contribution in [-0.2, 0) is 9.53 Å². The standard InChI is InChI=1S/C26H29FN8O3/c1-14(32-25(36)15(2)37-3)12-31-26-29-10-9-19(33-26)22-21(17-11-20(38-4)23(28)30-13-17)34-24(35-22)16-5-7-18(27)8-6-16/h5-11,13-15H,12H2,1-4H3,(H2,28,30)(H,32,36)(H,34,35)(H,29,31,33). The Labute approximate surface area is 219 Å². The first kappa shape index (κ1) is 26.5. The van der Waals surface area contributed by atoms with Crippen LogP contribution in [0.1, 0.15) is 13.8 Å². The molecule has 12 heteroatoms. The molecule has 0 aliphatic heterocycles. The van der Waals surface area contributed by atoms with Crippen molar-refractivity contribution in [2.75, 3.05) is 31.8 Å². The number of nitrogens with two attached hydrogens (primary N) is 1. The third-order valence-corrected chi connectivity index (χ3v) is 5.79. The molecule has 3 aromatic heterocycles. The van der Waals surface area contributed by atoms with Gasteiger partial charge in [-0.2, -0.15) is 0 Å². The maximum atomic E-state index is 13.5. The van der Waals surface area contributed by atoms with Crippen LogP contribution in [0.4, 0.5) is 16.2 Å². The normalized spacial score (nSPS) is 12.6. The summed E-state index contributed by atoms with van der Waals surface area (Å²) in [6.45, 7) is 3.93. The SMILES string of the molecule is COc1cc(-c2nc(-c3ccc(F)cc3)[nH]c2-c2ccnc(NCC(C)NC(=O)C(C)OC)n2)cnc1N. The summed E-state index contributed by atoms with van der Waals surface area (Å²) in [6, 6.07) is 9.28. The third kappa shape index (κ3) is 6.03. The zero-order chi connectivity index (χ0) is 27.2. The van der Waals surface area contributed by atoms with Crippen molar-refractivity contribution in [3.63, 3.8) is 0 Å². The highest BCUT2D eigenvalue weighted by atomic mass is 19.1. The summed E-state index contributed by atoms with van der Waals surface area (Å²) in [7, 11) is 2.99. The van der Waals surface area contributed by atoms with Crippen molar-refractivity contribution in [1.29, 1.82) is 0 Å². The summed E-state index contributed by atoms with van der Waals surface area (Å²) in [4.78, 5) is 33.3. The number of H-pyrrole nitrogens is 1. The molecule has 0 saturated carbocycles. The van der Waals surface area contributed by atoms with E-state index in [1.165, 1.54) is 26.4 Å². The van der Waals surface area contributed by atoms with Gasteiger partial charge in [0.15, 0.2) is 11.6 Å². The van der Waals surface area contributed by atoms with Crippen LogP contribution >= 0.6 is 0 Å². The molecule has 2 atom stereocenters. The summed E-state index contributed by atoms with van der Waals surface area (Å²) in [6.07, 6.45) is 2.66. The second-order valence-electron chi connectivity index (χ2n) is 8.56. The van der Waals surface area contributed by atoms with Crippen LogP contribution in [0.3, 0.4) is 0 Å². The van der Waals surface area contributed by atoms with Crippen molar-refractivity contribution in [2.45, 2.75) is 26.0 Å². The van der Waals surface area contributed by atoms with E-state index in [0.29, 0.717) is 52.3 Å². The molecule has 0 fully saturated rings. The highest BCUT2D eigenvalue weighted by molar-refractivity contribution is 5.81. The lowest BCUT2D eigenvalue weighted by Gasteiger charge is -2.17. The Morgan fingerprint density at radius 3 is 2.58 bits per heavy atom. The molecule has 1 amide bonds. The molecule has 0 bridgehead atoms. The Morgan fingerprint density at radius 1 is 1.11 bits per heavy atom. The minimum absolute atomic E-state index is 0.200. The van der Waals surface area contributed by atoms with E-state index in [2.05, 4.69) is 30.6 Å². The maximum Gasteiger partial charge on any atom is 0.249 e. The number of ether oxygens (including phenoxy) is 2. The molecule has 0 radical (unpaired) electrons. The maximum absolute atomic E-state index is 13.5. The number of hydrogen-bond acceptors (Lipinski definition) is 9. The zero-order valence-corrected chi connectivity index (χ0v) is 21.4. The molecular formula is C26H29FN8O3. The largest absolute Gasteiger partial charge is 0.493 e. The van der Waals surface area contributed by atoms with Gasteiger partial charge in [-0.05, 0) is 50.2 Å². The highest BCUT2D eigenvalue weighted by Gasteiger charge is 2.19. The van der Waals surface area contributed by atoms with Gasteiger partial charge in [-0.1, -0.05) is 0 Å². The van der Waals surface area contributed by atoms with E-state index in [4.69, 9.17) is 20.2 Å². The molecule has 1 aromatic carbocycles. The monoisotopic (exact) mass is 520 g/mol. The van der Waals surface area contributed by atoms with Gasteiger partial charge in [0.25, 0.3) is 0 Å². The molecule has 0 spiro atoms. The number of pyridine rings is 1. The fourth-order valence-electron chi connectivity index (χ4n) is 3.61. The molecule has 2 unspecified atom stereocenters. The first-order chi connectivity index (χ1) is 18.3. The van der Waals surface area contributed by atoms with Crippen LogP contribution in [0, 0.1) is 5.82 Å². The highest BCUT2D eigenvalue weighted by Crippen LogP contribution is 2.34.